The minimum atomic E-state index is -1.46. The number of benzene rings is 2. The molecule has 1 heterocycles. The number of carboxylic acid groups (broad SMARTS) is 1. The van der Waals surface area contributed by atoms with Gasteiger partial charge in [-0.15, -0.1) is 11.3 Å². The lowest BCUT2D eigenvalue weighted by Crippen LogP contribution is -2.42. The highest BCUT2D eigenvalue weighted by Crippen LogP contribution is 2.44. The van der Waals surface area contributed by atoms with Crippen molar-refractivity contribution in [2.24, 2.45) is 0 Å². The molecule has 0 fully saturated rings. The van der Waals surface area contributed by atoms with Gasteiger partial charge in [-0.05, 0) is 28.3 Å². The van der Waals surface area contributed by atoms with E-state index in [2.05, 4.69) is 5.32 Å². The quantitative estimate of drug-likeness (QED) is 0.420. The van der Waals surface area contributed by atoms with E-state index in [9.17, 15) is 19.5 Å². The molecule has 1 amide bonds. The maximum absolute atomic E-state index is 12.4. The van der Waals surface area contributed by atoms with Crippen molar-refractivity contribution in [2.45, 2.75) is 18.4 Å². The summed E-state index contributed by atoms with van der Waals surface area (Å²) < 4.78 is 5.85. The summed E-state index contributed by atoms with van der Waals surface area (Å²) in [4.78, 5) is 36.4. The number of aliphatic carboxylic acids is 1. The molecule has 164 valence electrons. The normalized spacial score (nSPS) is 13.2. The van der Waals surface area contributed by atoms with Crippen LogP contribution in [0, 0.1) is 0 Å². The fourth-order valence-electron chi connectivity index (χ4n) is 3.81. The van der Waals surface area contributed by atoms with E-state index in [-0.39, 0.29) is 22.4 Å². The molecule has 1 aliphatic carbocycles. The van der Waals surface area contributed by atoms with E-state index < -0.39 is 30.3 Å². The molecule has 1 aliphatic rings. The van der Waals surface area contributed by atoms with Crippen LogP contribution in [0.15, 0.2) is 54.6 Å². The Morgan fingerprint density at radius 1 is 1.03 bits per heavy atom. The highest BCUT2D eigenvalue weighted by Gasteiger charge is 2.30. The molecule has 3 aromatic rings. The van der Waals surface area contributed by atoms with Crippen LogP contribution in [0.5, 0.6) is 0 Å². The van der Waals surface area contributed by atoms with Gasteiger partial charge in [0.15, 0.2) is 5.78 Å². The summed E-state index contributed by atoms with van der Waals surface area (Å²) in [6.07, 6.45) is -1.40. The van der Waals surface area contributed by atoms with Crippen molar-refractivity contribution in [1.29, 1.82) is 0 Å². The Morgan fingerprint density at radius 2 is 1.62 bits per heavy atom. The topological polar surface area (TPSA) is 92.7 Å². The number of carbonyl (C=O) groups is 3. The average molecular weight is 490 g/mol. The Labute approximate surface area is 197 Å². The fraction of sp³-hybridized carbons (Fsp3) is 0.174. The van der Waals surface area contributed by atoms with Crippen molar-refractivity contribution in [3.8, 4) is 11.1 Å². The van der Waals surface area contributed by atoms with Crippen LogP contribution in [0.4, 0.5) is 4.79 Å². The predicted octanol–water partition coefficient (Wildman–Crippen LogP) is 5.62. The first-order valence-corrected chi connectivity index (χ1v) is 11.2. The van der Waals surface area contributed by atoms with E-state index in [1.54, 1.807) is 0 Å². The minimum Gasteiger partial charge on any atom is -0.480 e. The SMILES string of the molecule is O=C(NC(CC(=O)c1cc(Cl)sc1Cl)C(=O)O)OCC1c2ccccc2-c2ccccc21. The molecule has 0 spiro atoms. The molecule has 6 nitrogen and oxygen atoms in total. The molecule has 1 atom stereocenters. The Kier molecular flexibility index (Phi) is 6.50. The number of fused-ring (bicyclic) bond motifs is 3. The summed E-state index contributed by atoms with van der Waals surface area (Å²) in [5.74, 6) is -2.06. The molecule has 0 aliphatic heterocycles. The van der Waals surface area contributed by atoms with Crippen LogP contribution < -0.4 is 5.32 Å². The number of nitrogens with one attached hydrogen (secondary N) is 1. The van der Waals surface area contributed by atoms with Crippen LogP contribution in [-0.2, 0) is 9.53 Å². The third-order valence-electron chi connectivity index (χ3n) is 5.28. The predicted molar refractivity (Wildman–Crippen MR) is 123 cm³/mol. The second-order valence-corrected chi connectivity index (χ2v) is 9.51. The van der Waals surface area contributed by atoms with Gasteiger partial charge in [0, 0.05) is 17.9 Å². The lowest BCUT2D eigenvalue weighted by molar-refractivity contribution is -0.139. The first-order valence-electron chi connectivity index (χ1n) is 9.67. The molecule has 32 heavy (non-hydrogen) atoms. The highest BCUT2D eigenvalue weighted by molar-refractivity contribution is 7.20. The van der Waals surface area contributed by atoms with E-state index in [1.165, 1.54) is 6.07 Å². The molecule has 0 radical (unpaired) electrons. The number of amides is 1. The van der Waals surface area contributed by atoms with Crippen LogP contribution in [0.2, 0.25) is 8.67 Å². The number of ketones is 1. The number of ether oxygens (including phenoxy) is 1. The Hall–Kier alpha value is -2.87. The van der Waals surface area contributed by atoms with Crippen molar-refractivity contribution < 1.29 is 24.2 Å². The van der Waals surface area contributed by atoms with E-state index in [0.29, 0.717) is 4.34 Å². The summed E-state index contributed by atoms with van der Waals surface area (Å²) in [7, 11) is 0. The molecular formula is C23H17Cl2NO5S. The first kappa shape index (κ1) is 22.3. The molecule has 1 aromatic heterocycles. The molecule has 0 bridgehead atoms. The number of alkyl carbamates (subject to hydrolysis) is 1. The van der Waals surface area contributed by atoms with Gasteiger partial charge in [-0.2, -0.15) is 0 Å². The minimum absolute atomic E-state index is 0.0338. The number of hydrogen-bond acceptors (Lipinski definition) is 5. The third kappa shape index (κ3) is 4.50. The molecule has 0 saturated carbocycles. The van der Waals surface area contributed by atoms with Gasteiger partial charge in [0.1, 0.15) is 17.0 Å². The van der Waals surface area contributed by atoms with Crippen molar-refractivity contribution >= 4 is 52.4 Å². The van der Waals surface area contributed by atoms with Gasteiger partial charge in [0.05, 0.1) is 4.34 Å². The standard InChI is InChI=1S/C23H17Cl2NO5S/c24-20-9-16(21(25)32-20)19(27)10-18(22(28)29)26-23(30)31-11-17-14-7-3-1-5-12(14)13-6-2-4-8-15(13)17/h1-9,17-18H,10-11H2,(H,26,30)(H,28,29). The maximum atomic E-state index is 12.4. The van der Waals surface area contributed by atoms with Crippen LogP contribution in [-0.4, -0.2) is 35.6 Å². The van der Waals surface area contributed by atoms with E-state index >= 15 is 0 Å². The number of rotatable bonds is 7. The zero-order valence-electron chi connectivity index (χ0n) is 16.5. The second-order valence-electron chi connectivity index (χ2n) is 7.23. The smallest absolute Gasteiger partial charge is 0.407 e. The van der Waals surface area contributed by atoms with Crippen molar-refractivity contribution in [3.63, 3.8) is 0 Å². The molecule has 2 aromatic carbocycles. The first-order chi connectivity index (χ1) is 15.3. The Balaban J connectivity index is 1.42. The van der Waals surface area contributed by atoms with Crippen LogP contribution in [0.3, 0.4) is 0 Å². The summed E-state index contributed by atoms with van der Waals surface area (Å²) in [5, 5.41) is 11.7. The van der Waals surface area contributed by atoms with Gasteiger partial charge in [-0.25, -0.2) is 9.59 Å². The van der Waals surface area contributed by atoms with Crippen molar-refractivity contribution in [1.82, 2.24) is 5.32 Å². The zero-order chi connectivity index (χ0) is 22.8. The Bertz CT molecular complexity index is 1160. The molecular weight excluding hydrogens is 473 g/mol. The highest BCUT2D eigenvalue weighted by atomic mass is 35.5. The largest absolute Gasteiger partial charge is 0.480 e. The van der Waals surface area contributed by atoms with E-state index in [4.69, 9.17) is 27.9 Å². The number of thiophene rings is 1. The number of halogens is 2. The second kappa shape index (κ2) is 9.32. The molecule has 4 rings (SSSR count). The number of carbonyl (C=O) groups excluding carboxylic acids is 2. The third-order valence-corrected chi connectivity index (χ3v) is 6.77. The van der Waals surface area contributed by atoms with Gasteiger partial charge >= 0.3 is 12.1 Å². The fourth-order valence-corrected chi connectivity index (χ4v) is 5.31. The van der Waals surface area contributed by atoms with Gasteiger partial charge in [0.25, 0.3) is 0 Å². The zero-order valence-corrected chi connectivity index (χ0v) is 18.8. The van der Waals surface area contributed by atoms with Crippen molar-refractivity contribution in [3.05, 3.63) is 80.0 Å². The van der Waals surface area contributed by atoms with Gasteiger partial charge in [-0.1, -0.05) is 71.7 Å². The Morgan fingerprint density at radius 3 is 2.16 bits per heavy atom. The number of hydrogen-bond donors (Lipinski definition) is 2. The van der Waals surface area contributed by atoms with E-state index in [1.807, 2.05) is 48.5 Å². The van der Waals surface area contributed by atoms with Crippen LogP contribution in [0.1, 0.15) is 33.8 Å². The van der Waals surface area contributed by atoms with Gasteiger partial charge in [0.2, 0.25) is 0 Å². The summed E-state index contributed by atoms with van der Waals surface area (Å²) in [5.41, 5.74) is 4.36. The molecule has 1 unspecified atom stereocenters. The summed E-state index contributed by atoms with van der Waals surface area (Å²) in [6, 6.07) is 15.7. The molecule has 9 heteroatoms. The van der Waals surface area contributed by atoms with E-state index in [0.717, 1.165) is 33.6 Å². The maximum Gasteiger partial charge on any atom is 0.407 e. The monoisotopic (exact) mass is 489 g/mol. The summed E-state index contributed by atoms with van der Waals surface area (Å²) >= 11 is 12.8. The van der Waals surface area contributed by atoms with Gasteiger partial charge < -0.3 is 15.2 Å². The van der Waals surface area contributed by atoms with Crippen LogP contribution >= 0.6 is 34.5 Å². The van der Waals surface area contributed by atoms with Crippen molar-refractivity contribution in [2.75, 3.05) is 6.61 Å². The number of Topliss-reactive ketones (excluding diaryl/α,β-unsaturated/α-hetero) is 1. The lowest BCUT2D eigenvalue weighted by atomic mass is 9.98. The average Bonchev–Trinajstić information content (AvgIpc) is 3.28. The molecule has 2 N–H and O–H groups in total. The number of carboxylic acids is 1. The van der Waals surface area contributed by atoms with Crippen LogP contribution in [0.25, 0.3) is 11.1 Å². The van der Waals surface area contributed by atoms with Gasteiger partial charge in [-0.3, -0.25) is 4.79 Å². The molecule has 0 saturated heterocycles. The summed E-state index contributed by atoms with van der Waals surface area (Å²) in [6.45, 7) is 0.0338. The lowest BCUT2D eigenvalue weighted by Gasteiger charge is -2.17.